The first-order chi connectivity index (χ1) is 14.3. The van der Waals surface area contributed by atoms with Crippen LogP contribution in [0.25, 0.3) is 10.2 Å². The summed E-state index contributed by atoms with van der Waals surface area (Å²) in [6.07, 6.45) is 2.17. The third-order valence-corrected chi connectivity index (χ3v) is 6.23. The highest BCUT2D eigenvalue weighted by molar-refractivity contribution is 7.18. The summed E-state index contributed by atoms with van der Waals surface area (Å²) < 4.78 is 20.2. The van der Waals surface area contributed by atoms with Gasteiger partial charge >= 0.3 is 0 Å². The van der Waals surface area contributed by atoms with Crippen LogP contribution in [0.2, 0.25) is 0 Å². The molecule has 3 aromatic heterocycles. The summed E-state index contributed by atoms with van der Waals surface area (Å²) in [6.45, 7) is 3.53. The molecule has 8 nitrogen and oxygen atoms in total. The minimum Gasteiger partial charge on any atom is -0.384 e. The molecule has 30 heavy (non-hydrogen) atoms. The Labute approximate surface area is 174 Å². The second-order valence-corrected chi connectivity index (χ2v) is 8.75. The fourth-order valence-corrected chi connectivity index (χ4v) is 4.70. The van der Waals surface area contributed by atoms with Crippen LogP contribution >= 0.6 is 11.3 Å². The highest BCUT2D eigenvalue weighted by atomic mass is 32.1. The largest absolute Gasteiger partial charge is 0.384 e. The zero-order chi connectivity index (χ0) is 21.0. The van der Waals surface area contributed by atoms with Crippen molar-refractivity contribution in [3.8, 4) is 0 Å². The normalized spacial score (nSPS) is 16.8. The summed E-state index contributed by atoms with van der Waals surface area (Å²) in [6, 6.07) is 5.65. The molecule has 5 rings (SSSR count). The molecule has 1 aromatic carbocycles. The average molecular weight is 427 g/mol. The minimum atomic E-state index is -1.23. The van der Waals surface area contributed by atoms with Gasteiger partial charge in [0.15, 0.2) is 0 Å². The first kappa shape index (κ1) is 18.9. The third-order valence-electron chi connectivity index (χ3n) is 5.15. The lowest BCUT2D eigenvalue weighted by Crippen LogP contribution is -2.40. The van der Waals surface area contributed by atoms with Crippen molar-refractivity contribution in [1.29, 1.82) is 0 Å². The minimum absolute atomic E-state index is 0.0170. The number of imidazole rings is 1. The third kappa shape index (κ3) is 2.99. The number of rotatable bonds is 3. The fourth-order valence-electron chi connectivity index (χ4n) is 3.60. The average Bonchev–Trinajstić information content (AvgIpc) is 3.44. The molecule has 0 aliphatic carbocycles. The predicted octanol–water partition coefficient (Wildman–Crippen LogP) is 3.16. The number of amides is 1. The molecule has 1 aliphatic heterocycles. The van der Waals surface area contributed by atoms with E-state index in [0.717, 1.165) is 5.69 Å². The van der Waals surface area contributed by atoms with Gasteiger partial charge in [0.05, 0.1) is 16.7 Å². The van der Waals surface area contributed by atoms with Gasteiger partial charge in [-0.1, -0.05) is 11.2 Å². The number of hydrogen-bond acceptors (Lipinski definition) is 7. The van der Waals surface area contributed by atoms with Gasteiger partial charge in [0.2, 0.25) is 5.76 Å². The molecule has 1 aliphatic rings. The van der Waals surface area contributed by atoms with E-state index >= 15 is 0 Å². The Balaban J connectivity index is 1.59. The number of hydrogen-bond donors (Lipinski definition) is 2. The second kappa shape index (κ2) is 6.71. The number of benzene rings is 1. The Bertz CT molecular complexity index is 1250. The second-order valence-electron chi connectivity index (χ2n) is 7.69. The number of thiazole rings is 1. The molecule has 0 unspecified atom stereocenters. The molecule has 154 valence electrons. The van der Waals surface area contributed by atoms with Crippen molar-refractivity contribution >= 4 is 27.5 Å². The number of nitrogens with zero attached hydrogens (tertiary/aromatic N) is 4. The van der Waals surface area contributed by atoms with E-state index in [0.29, 0.717) is 28.4 Å². The molecule has 0 saturated heterocycles. The zero-order valence-corrected chi connectivity index (χ0v) is 17.0. The van der Waals surface area contributed by atoms with Gasteiger partial charge in [-0.05, 0) is 26.0 Å². The van der Waals surface area contributed by atoms with Crippen LogP contribution in [-0.2, 0) is 12.0 Å². The summed E-state index contributed by atoms with van der Waals surface area (Å²) in [4.78, 5) is 26.9. The van der Waals surface area contributed by atoms with Crippen molar-refractivity contribution in [2.24, 2.45) is 0 Å². The number of aromatic nitrogens is 4. The van der Waals surface area contributed by atoms with Gasteiger partial charge in [-0.3, -0.25) is 4.79 Å². The van der Waals surface area contributed by atoms with E-state index in [2.05, 4.69) is 20.1 Å². The molecule has 4 heterocycles. The SMILES string of the molecule is CC(C)(O)c1cc(C(=O)N2CCc3[nH]cnc3[C@H]2c2nc3c(F)cccc3s2)on1. The Morgan fingerprint density at radius 1 is 1.43 bits per heavy atom. The maximum Gasteiger partial charge on any atom is 0.293 e. The number of carbonyl (C=O) groups is 1. The van der Waals surface area contributed by atoms with Crippen LogP contribution in [0.5, 0.6) is 0 Å². The summed E-state index contributed by atoms with van der Waals surface area (Å²) in [5, 5.41) is 14.5. The van der Waals surface area contributed by atoms with Gasteiger partial charge < -0.3 is 19.5 Å². The lowest BCUT2D eigenvalue weighted by atomic mass is 10.0. The highest BCUT2D eigenvalue weighted by Crippen LogP contribution is 2.38. The van der Waals surface area contributed by atoms with Crippen molar-refractivity contribution in [2.75, 3.05) is 6.54 Å². The van der Waals surface area contributed by atoms with Crippen LogP contribution in [0, 0.1) is 5.82 Å². The van der Waals surface area contributed by atoms with Crippen LogP contribution in [-0.4, -0.2) is 42.6 Å². The first-order valence-electron chi connectivity index (χ1n) is 9.40. The maximum absolute atomic E-state index is 14.2. The fraction of sp³-hybridized carbons (Fsp3) is 0.300. The Morgan fingerprint density at radius 2 is 2.27 bits per heavy atom. The summed E-state index contributed by atoms with van der Waals surface area (Å²) >= 11 is 1.33. The highest BCUT2D eigenvalue weighted by Gasteiger charge is 2.38. The van der Waals surface area contributed by atoms with E-state index in [4.69, 9.17) is 4.52 Å². The van der Waals surface area contributed by atoms with Crippen molar-refractivity contribution < 1.29 is 18.8 Å². The molecule has 1 amide bonds. The van der Waals surface area contributed by atoms with Crippen LogP contribution < -0.4 is 0 Å². The summed E-state index contributed by atoms with van der Waals surface area (Å²) in [5.74, 6) is -0.782. The van der Waals surface area contributed by atoms with Crippen LogP contribution in [0.4, 0.5) is 4.39 Å². The Kier molecular flexibility index (Phi) is 4.23. The van der Waals surface area contributed by atoms with Gasteiger partial charge in [0.25, 0.3) is 5.91 Å². The number of fused-ring (bicyclic) bond motifs is 2. The smallest absolute Gasteiger partial charge is 0.293 e. The number of nitrogens with one attached hydrogen (secondary N) is 1. The molecule has 0 fully saturated rings. The molecule has 0 radical (unpaired) electrons. The molecule has 4 aromatic rings. The van der Waals surface area contributed by atoms with Crippen LogP contribution in [0.3, 0.4) is 0 Å². The van der Waals surface area contributed by atoms with Gasteiger partial charge in [-0.25, -0.2) is 14.4 Å². The van der Waals surface area contributed by atoms with E-state index in [9.17, 15) is 14.3 Å². The molecule has 1 atom stereocenters. The van der Waals surface area contributed by atoms with E-state index in [1.807, 2.05) is 0 Å². The molecule has 0 spiro atoms. The summed E-state index contributed by atoms with van der Waals surface area (Å²) in [5.41, 5.74) is 0.900. The molecule has 10 heteroatoms. The van der Waals surface area contributed by atoms with Gasteiger partial charge in [-0.15, -0.1) is 11.3 Å². The van der Waals surface area contributed by atoms with Gasteiger partial charge in [0, 0.05) is 24.7 Å². The molecular formula is C20H18FN5O3S. The lowest BCUT2D eigenvalue weighted by molar-refractivity contribution is 0.0632. The Hall–Kier alpha value is -3.11. The van der Waals surface area contributed by atoms with E-state index in [-0.39, 0.29) is 17.0 Å². The number of aromatic amines is 1. The van der Waals surface area contributed by atoms with Crippen molar-refractivity contribution in [3.05, 3.63) is 64.3 Å². The van der Waals surface area contributed by atoms with E-state index < -0.39 is 23.4 Å². The Morgan fingerprint density at radius 3 is 3.00 bits per heavy atom. The zero-order valence-electron chi connectivity index (χ0n) is 16.2. The van der Waals surface area contributed by atoms with Crippen LogP contribution in [0.1, 0.15) is 52.5 Å². The number of para-hydroxylation sites is 1. The standard InChI is InChI=1S/C20H18FN5O3S/c1-20(2,28)14-8-12(29-25-14)19(27)26-7-6-11-16(23-9-22-11)17(26)18-24-15-10(21)4-3-5-13(15)30-18/h3-5,8-9,17,28H,6-7H2,1-2H3,(H,22,23)/t17-/m0/s1. The van der Waals surface area contributed by atoms with E-state index in [1.165, 1.54) is 23.5 Å². The monoisotopic (exact) mass is 427 g/mol. The number of aliphatic hydroxyl groups is 1. The van der Waals surface area contributed by atoms with Gasteiger partial charge in [0.1, 0.15) is 33.7 Å². The van der Waals surface area contributed by atoms with Crippen molar-refractivity contribution in [3.63, 3.8) is 0 Å². The van der Waals surface area contributed by atoms with Crippen LogP contribution in [0.15, 0.2) is 35.1 Å². The quantitative estimate of drug-likeness (QED) is 0.520. The number of carbonyl (C=O) groups excluding carboxylic acids is 1. The van der Waals surface area contributed by atoms with Crippen molar-refractivity contribution in [1.82, 2.24) is 25.0 Å². The van der Waals surface area contributed by atoms with Crippen molar-refractivity contribution in [2.45, 2.75) is 31.9 Å². The molecule has 0 saturated carbocycles. The maximum atomic E-state index is 14.2. The summed E-state index contributed by atoms with van der Waals surface area (Å²) in [7, 11) is 0. The molecular weight excluding hydrogens is 409 g/mol. The van der Waals surface area contributed by atoms with E-state index in [1.54, 1.807) is 37.2 Å². The van der Waals surface area contributed by atoms with Gasteiger partial charge in [-0.2, -0.15) is 0 Å². The molecule has 0 bridgehead atoms. The predicted molar refractivity (Wildman–Crippen MR) is 106 cm³/mol. The number of H-pyrrole nitrogens is 1. The first-order valence-corrected chi connectivity index (χ1v) is 10.2. The molecule has 2 N–H and O–H groups in total. The lowest BCUT2D eigenvalue weighted by Gasteiger charge is -2.32. The topological polar surface area (TPSA) is 108 Å². The number of halogens is 1.